The molecule has 0 atom stereocenters. The predicted octanol–water partition coefficient (Wildman–Crippen LogP) is 0.559. The van der Waals surface area contributed by atoms with E-state index in [1.54, 1.807) is 24.1 Å². The number of carbonyl (C=O) groups is 1. The summed E-state index contributed by atoms with van der Waals surface area (Å²) in [6.45, 7) is 0.647. The van der Waals surface area contributed by atoms with Gasteiger partial charge in [0.15, 0.2) is 0 Å². The summed E-state index contributed by atoms with van der Waals surface area (Å²) in [6, 6.07) is 3.33. The molecule has 102 valence electrons. The molecule has 6 heteroatoms. The zero-order valence-corrected chi connectivity index (χ0v) is 11.6. The Morgan fingerprint density at radius 3 is 2.74 bits per heavy atom. The van der Waals surface area contributed by atoms with E-state index in [4.69, 9.17) is 18.0 Å². The smallest absolute Gasteiger partial charge is 0.272 e. The Bertz CT molecular complexity index is 483. The van der Waals surface area contributed by atoms with E-state index in [1.165, 1.54) is 6.20 Å². The lowest BCUT2D eigenvalue weighted by Gasteiger charge is -2.34. The van der Waals surface area contributed by atoms with Crippen LogP contribution in [0.15, 0.2) is 18.3 Å². The number of aliphatic hydroxyl groups is 1. The lowest BCUT2D eigenvalue weighted by atomic mass is 9.82. The van der Waals surface area contributed by atoms with Crippen molar-refractivity contribution < 1.29 is 9.90 Å². The van der Waals surface area contributed by atoms with Crippen molar-refractivity contribution in [3.63, 3.8) is 0 Å². The maximum Gasteiger partial charge on any atom is 0.272 e. The third kappa shape index (κ3) is 3.27. The van der Waals surface area contributed by atoms with Gasteiger partial charge in [0.2, 0.25) is 0 Å². The highest BCUT2D eigenvalue weighted by atomic mass is 32.1. The van der Waals surface area contributed by atoms with E-state index in [1.807, 2.05) is 0 Å². The van der Waals surface area contributed by atoms with Crippen LogP contribution >= 0.6 is 12.2 Å². The first kappa shape index (κ1) is 13.9. The zero-order chi connectivity index (χ0) is 14.0. The van der Waals surface area contributed by atoms with Gasteiger partial charge in [-0.15, -0.1) is 0 Å². The van der Waals surface area contributed by atoms with Gasteiger partial charge in [-0.1, -0.05) is 12.2 Å². The van der Waals surface area contributed by atoms with E-state index in [9.17, 15) is 9.90 Å². The molecule has 1 heterocycles. The third-order valence-corrected chi connectivity index (χ3v) is 3.59. The fourth-order valence-electron chi connectivity index (χ4n) is 2.18. The highest BCUT2D eigenvalue weighted by Crippen LogP contribution is 2.27. The van der Waals surface area contributed by atoms with Crippen LogP contribution in [-0.4, -0.2) is 45.6 Å². The molecule has 0 aromatic carbocycles. The van der Waals surface area contributed by atoms with E-state index in [2.05, 4.69) is 4.98 Å². The van der Waals surface area contributed by atoms with Crippen LogP contribution in [-0.2, 0) is 0 Å². The van der Waals surface area contributed by atoms with E-state index in [-0.39, 0.29) is 17.0 Å². The Balaban J connectivity index is 1.96. The van der Waals surface area contributed by atoms with Crippen molar-refractivity contribution in [2.45, 2.75) is 18.9 Å². The van der Waals surface area contributed by atoms with Gasteiger partial charge >= 0.3 is 0 Å². The van der Waals surface area contributed by atoms with Gasteiger partial charge in [-0.25, -0.2) is 0 Å². The summed E-state index contributed by atoms with van der Waals surface area (Å²) in [6.07, 6.45) is 2.85. The van der Waals surface area contributed by atoms with E-state index in [0.29, 0.717) is 23.7 Å². The molecule has 2 rings (SSSR count). The molecule has 1 aliphatic carbocycles. The van der Waals surface area contributed by atoms with Gasteiger partial charge in [-0.2, -0.15) is 0 Å². The quantitative estimate of drug-likeness (QED) is 0.787. The average molecular weight is 279 g/mol. The summed E-state index contributed by atoms with van der Waals surface area (Å²) < 4.78 is 0. The van der Waals surface area contributed by atoms with Crippen molar-refractivity contribution in [2.24, 2.45) is 11.7 Å². The van der Waals surface area contributed by atoms with Crippen LogP contribution in [0.3, 0.4) is 0 Å². The van der Waals surface area contributed by atoms with Gasteiger partial charge in [-0.05, 0) is 30.9 Å². The number of rotatable bonds is 4. The number of amides is 1. The molecule has 0 radical (unpaired) electrons. The number of aromatic nitrogens is 1. The summed E-state index contributed by atoms with van der Waals surface area (Å²) in [7, 11) is 1.75. The van der Waals surface area contributed by atoms with Gasteiger partial charge in [0.25, 0.3) is 5.91 Å². The first-order valence-electron chi connectivity index (χ1n) is 6.16. The Morgan fingerprint density at radius 2 is 2.26 bits per heavy atom. The van der Waals surface area contributed by atoms with Gasteiger partial charge < -0.3 is 15.7 Å². The van der Waals surface area contributed by atoms with Crippen molar-refractivity contribution in [1.82, 2.24) is 9.88 Å². The molecule has 1 fully saturated rings. The predicted molar refractivity (Wildman–Crippen MR) is 75.8 cm³/mol. The Labute approximate surface area is 117 Å². The molecule has 1 saturated carbocycles. The molecular formula is C13H17N3O2S. The molecule has 0 saturated heterocycles. The summed E-state index contributed by atoms with van der Waals surface area (Å²) >= 11 is 4.83. The highest BCUT2D eigenvalue weighted by molar-refractivity contribution is 7.80. The topological polar surface area (TPSA) is 79.5 Å². The summed E-state index contributed by atoms with van der Waals surface area (Å²) in [5.41, 5.74) is 6.50. The largest absolute Gasteiger partial charge is 0.393 e. The van der Waals surface area contributed by atoms with Crippen molar-refractivity contribution >= 4 is 23.1 Å². The maximum absolute atomic E-state index is 12.1. The molecule has 1 aliphatic rings. The van der Waals surface area contributed by atoms with Gasteiger partial charge in [0, 0.05) is 25.4 Å². The molecule has 1 aromatic heterocycles. The number of thiocarbonyl (C=S) groups is 1. The van der Waals surface area contributed by atoms with Crippen LogP contribution in [0.2, 0.25) is 0 Å². The van der Waals surface area contributed by atoms with Crippen LogP contribution in [0.1, 0.15) is 28.9 Å². The number of carbonyl (C=O) groups excluding carboxylic acids is 1. The lowest BCUT2D eigenvalue weighted by molar-refractivity contribution is 0.0264. The van der Waals surface area contributed by atoms with Crippen LogP contribution in [0.5, 0.6) is 0 Å². The minimum Gasteiger partial charge on any atom is -0.393 e. The summed E-state index contributed by atoms with van der Waals surface area (Å²) in [5, 5.41) is 9.23. The second-order valence-electron chi connectivity index (χ2n) is 4.97. The third-order valence-electron chi connectivity index (χ3n) is 3.36. The van der Waals surface area contributed by atoms with E-state index < -0.39 is 0 Å². The number of hydrogen-bond acceptors (Lipinski definition) is 4. The Hall–Kier alpha value is -1.53. The zero-order valence-electron chi connectivity index (χ0n) is 10.7. The SMILES string of the molecule is CN(CC1CC(O)C1)C(=O)c1ccc(C(N)=S)cn1. The molecule has 19 heavy (non-hydrogen) atoms. The standard InChI is InChI=1S/C13H17N3O2S/c1-16(7-8-4-10(17)5-8)13(18)11-3-2-9(6-15-11)12(14)19/h2-3,6,8,10,17H,4-5,7H2,1H3,(H2,14,19). The number of aliphatic hydroxyl groups excluding tert-OH is 1. The van der Waals surface area contributed by atoms with Crippen LogP contribution in [0, 0.1) is 5.92 Å². The van der Waals surface area contributed by atoms with Crippen molar-refractivity contribution in [1.29, 1.82) is 0 Å². The van der Waals surface area contributed by atoms with Gasteiger partial charge in [0.05, 0.1) is 6.10 Å². The minimum absolute atomic E-state index is 0.129. The second kappa shape index (κ2) is 5.63. The van der Waals surface area contributed by atoms with Crippen molar-refractivity contribution in [3.05, 3.63) is 29.6 Å². The molecule has 1 amide bonds. The average Bonchev–Trinajstić information content (AvgIpc) is 2.36. The first-order chi connectivity index (χ1) is 8.97. The minimum atomic E-state index is -0.198. The lowest BCUT2D eigenvalue weighted by Crippen LogP contribution is -2.39. The second-order valence-corrected chi connectivity index (χ2v) is 5.41. The van der Waals surface area contributed by atoms with Crippen LogP contribution in [0.25, 0.3) is 0 Å². The molecule has 1 aromatic rings. The van der Waals surface area contributed by atoms with Crippen molar-refractivity contribution in [2.75, 3.05) is 13.6 Å². The van der Waals surface area contributed by atoms with Crippen molar-refractivity contribution in [3.8, 4) is 0 Å². The van der Waals surface area contributed by atoms with Crippen LogP contribution in [0.4, 0.5) is 0 Å². The number of pyridine rings is 1. The monoisotopic (exact) mass is 279 g/mol. The molecular weight excluding hydrogens is 262 g/mol. The number of nitrogens with two attached hydrogens (primary N) is 1. The normalized spacial score (nSPS) is 21.6. The molecule has 0 spiro atoms. The molecule has 3 N–H and O–H groups in total. The fourth-order valence-corrected chi connectivity index (χ4v) is 2.30. The summed E-state index contributed by atoms with van der Waals surface area (Å²) in [4.78, 5) is 18.1. The Kier molecular flexibility index (Phi) is 4.11. The van der Waals surface area contributed by atoms with E-state index in [0.717, 1.165) is 12.8 Å². The van der Waals surface area contributed by atoms with E-state index >= 15 is 0 Å². The first-order valence-corrected chi connectivity index (χ1v) is 6.57. The highest BCUT2D eigenvalue weighted by Gasteiger charge is 2.29. The number of hydrogen-bond donors (Lipinski definition) is 2. The fraction of sp³-hybridized carbons (Fsp3) is 0.462. The number of nitrogens with zero attached hydrogens (tertiary/aromatic N) is 2. The van der Waals surface area contributed by atoms with Gasteiger partial charge in [-0.3, -0.25) is 9.78 Å². The molecule has 0 unspecified atom stereocenters. The molecule has 0 bridgehead atoms. The van der Waals surface area contributed by atoms with Crippen LogP contribution < -0.4 is 5.73 Å². The molecule has 5 nitrogen and oxygen atoms in total. The Morgan fingerprint density at radius 1 is 1.58 bits per heavy atom. The summed E-state index contributed by atoms with van der Waals surface area (Å²) in [5.74, 6) is 0.260. The molecule has 0 aliphatic heterocycles. The maximum atomic E-state index is 12.1. The van der Waals surface area contributed by atoms with Gasteiger partial charge in [0.1, 0.15) is 10.7 Å².